The number of alkyl halides is 3. The Bertz CT molecular complexity index is 887. The molecule has 1 aliphatic rings. The molecule has 1 atom stereocenters. The first-order valence-corrected chi connectivity index (χ1v) is 9.10. The maximum atomic E-state index is 12.9. The average Bonchev–Trinajstić information content (AvgIpc) is 2.65. The van der Waals surface area contributed by atoms with Gasteiger partial charge in [0.1, 0.15) is 0 Å². The fraction of sp³-hybridized carbons (Fsp3) is 0.429. The molecule has 0 saturated carbocycles. The van der Waals surface area contributed by atoms with Gasteiger partial charge in [-0.25, -0.2) is 0 Å². The summed E-state index contributed by atoms with van der Waals surface area (Å²) in [5.41, 5.74) is 2.97. The molecule has 1 aromatic carbocycles. The summed E-state index contributed by atoms with van der Waals surface area (Å²) in [5, 5.41) is 0.814. The van der Waals surface area contributed by atoms with Crippen LogP contribution in [-0.2, 0) is 0 Å². The Hall–Kier alpha value is -2.37. The summed E-state index contributed by atoms with van der Waals surface area (Å²) in [6.07, 6.45) is -0.427. The van der Waals surface area contributed by atoms with Crippen LogP contribution in [0.25, 0.3) is 16.5 Å². The second-order valence-corrected chi connectivity index (χ2v) is 7.35. The molecule has 2 aromatic rings. The Balaban J connectivity index is 1.93. The van der Waals surface area contributed by atoms with Crippen LogP contribution >= 0.6 is 0 Å². The van der Waals surface area contributed by atoms with Crippen LogP contribution in [0.5, 0.6) is 0 Å². The van der Waals surface area contributed by atoms with E-state index in [0.29, 0.717) is 12.0 Å². The maximum absolute atomic E-state index is 12.9. The maximum Gasteiger partial charge on any atom is 0.392 e. The first kappa shape index (κ1) is 19.4. The van der Waals surface area contributed by atoms with E-state index in [-0.39, 0.29) is 24.8 Å². The van der Waals surface area contributed by atoms with Crippen LogP contribution in [-0.4, -0.2) is 35.1 Å². The van der Waals surface area contributed by atoms with Crippen molar-refractivity contribution in [3.63, 3.8) is 0 Å². The second-order valence-electron chi connectivity index (χ2n) is 7.35. The summed E-state index contributed by atoms with van der Waals surface area (Å²) in [6, 6.07) is 7.50. The van der Waals surface area contributed by atoms with Gasteiger partial charge in [-0.3, -0.25) is 9.78 Å². The van der Waals surface area contributed by atoms with Crippen LogP contribution in [0.3, 0.4) is 0 Å². The summed E-state index contributed by atoms with van der Waals surface area (Å²) >= 11 is 0. The van der Waals surface area contributed by atoms with Crippen molar-refractivity contribution in [1.29, 1.82) is 0 Å². The van der Waals surface area contributed by atoms with Gasteiger partial charge < -0.3 is 4.90 Å². The monoisotopic (exact) mass is 376 g/mol. The molecule has 0 fully saturated rings. The van der Waals surface area contributed by atoms with Gasteiger partial charge in [0.25, 0.3) is 5.91 Å². The number of aromatic nitrogens is 1. The number of allylic oxidation sites excluding steroid dienone is 2. The molecule has 1 amide bonds. The van der Waals surface area contributed by atoms with Gasteiger partial charge in [0, 0.05) is 30.2 Å². The van der Waals surface area contributed by atoms with E-state index in [1.807, 2.05) is 32.0 Å². The van der Waals surface area contributed by atoms with E-state index in [0.717, 1.165) is 22.0 Å². The highest BCUT2D eigenvalue weighted by Gasteiger charge is 2.39. The zero-order chi connectivity index (χ0) is 19.8. The van der Waals surface area contributed by atoms with Gasteiger partial charge in [0.05, 0.1) is 17.0 Å². The second kappa shape index (κ2) is 7.33. The molecule has 3 nitrogen and oxygen atoms in total. The summed E-state index contributed by atoms with van der Waals surface area (Å²) in [6.45, 7) is 3.88. The average molecular weight is 376 g/mol. The van der Waals surface area contributed by atoms with Crippen molar-refractivity contribution < 1.29 is 18.0 Å². The fourth-order valence-electron chi connectivity index (χ4n) is 3.35. The standard InChI is InChI=1S/C21H23F3N2O/c1-13(2)26(3)20(27)16-11-15-5-4-6-18(19(15)25-12-16)14-7-9-17(10-8-14)21(22,23)24/h4-7,11-13,17H,8-10H2,1-3H3/t17-/m1/s1. The van der Waals surface area contributed by atoms with E-state index < -0.39 is 12.1 Å². The summed E-state index contributed by atoms with van der Waals surface area (Å²) in [4.78, 5) is 18.6. The van der Waals surface area contributed by atoms with Gasteiger partial charge >= 0.3 is 6.18 Å². The number of hydrogen-bond acceptors (Lipinski definition) is 2. The lowest BCUT2D eigenvalue weighted by Gasteiger charge is -2.24. The molecule has 0 spiro atoms. The first-order valence-electron chi connectivity index (χ1n) is 9.10. The molecule has 1 aliphatic carbocycles. The van der Waals surface area contributed by atoms with Gasteiger partial charge in [-0.05, 0) is 44.7 Å². The van der Waals surface area contributed by atoms with Crippen molar-refractivity contribution in [2.75, 3.05) is 7.05 Å². The highest BCUT2D eigenvalue weighted by molar-refractivity contribution is 5.99. The van der Waals surface area contributed by atoms with Crippen LogP contribution in [0, 0.1) is 5.92 Å². The minimum absolute atomic E-state index is 0.00493. The number of amides is 1. The fourth-order valence-corrected chi connectivity index (χ4v) is 3.35. The molecule has 0 bridgehead atoms. The SMILES string of the molecule is CC(C)N(C)C(=O)c1cnc2c(C3=CC[C@@H](C(F)(F)F)CC3)cccc2c1. The number of carbonyl (C=O) groups excluding carboxylic acids is 1. The highest BCUT2D eigenvalue weighted by atomic mass is 19.4. The van der Waals surface area contributed by atoms with Crippen molar-refractivity contribution in [3.8, 4) is 0 Å². The van der Waals surface area contributed by atoms with Crippen LogP contribution in [0.1, 0.15) is 49.0 Å². The van der Waals surface area contributed by atoms with Gasteiger partial charge in [0.15, 0.2) is 0 Å². The van der Waals surface area contributed by atoms with Crippen LogP contribution in [0.4, 0.5) is 13.2 Å². The molecule has 0 radical (unpaired) electrons. The molecule has 27 heavy (non-hydrogen) atoms. The van der Waals surface area contributed by atoms with E-state index in [9.17, 15) is 18.0 Å². The zero-order valence-corrected chi connectivity index (χ0v) is 15.7. The predicted molar refractivity (Wildman–Crippen MR) is 100 cm³/mol. The van der Waals surface area contributed by atoms with E-state index in [1.54, 1.807) is 30.3 Å². The summed E-state index contributed by atoms with van der Waals surface area (Å²) < 4.78 is 38.7. The van der Waals surface area contributed by atoms with Crippen molar-refractivity contribution in [2.24, 2.45) is 5.92 Å². The number of rotatable bonds is 3. The third-order valence-electron chi connectivity index (χ3n) is 5.27. The molecule has 1 aromatic heterocycles. The molecule has 0 unspecified atom stereocenters. The van der Waals surface area contributed by atoms with E-state index in [4.69, 9.17) is 0 Å². The highest BCUT2D eigenvalue weighted by Crippen LogP contribution is 2.40. The van der Waals surface area contributed by atoms with E-state index >= 15 is 0 Å². The molecule has 1 heterocycles. The predicted octanol–water partition coefficient (Wildman–Crippen LogP) is 5.46. The smallest absolute Gasteiger partial charge is 0.339 e. The minimum Gasteiger partial charge on any atom is -0.339 e. The number of carbonyl (C=O) groups is 1. The molecule has 0 N–H and O–H groups in total. The number of halogens is 3. The molecule has 0 saturated heterocycles. The Morgan fingerprint density at radius 3 is 2.63 bits per heavy atom. The Morgan fingerprint density at radius 1 is 1.30 bits per heavy atom. The number of benzene rings is 1. The zero-order valence-electron chi connectivity index (χ0n) is 15.7. The number of hydrogen-bond donors (Lipinski definition) is 0. The lowest BCUT2D eigenvalue weighted by Crippen LogP contribution is -2.33. The molecule has 3 rings (SSSR count). The topological polar surface area (TPSA) is 33.2 Å². The summed E-state index contributed by atoms with van der Waals surface area (Å²) in [7, 11) is 1.75. The van der Waals surface area contributed by atoms with Gasteiger partial charge in [-0.1, -0.05) is 24.3 Å². The first-order chi connectivity index (χ1) is 12.7. The largest absolute Gasteiger partial charge is 0.392 e. The van der Waals surface area contributed by atoms with Crippen LogP contribution < -0.4 is 0 Å². The van der Waals surface area contributed by atoms with E-state index in [2.05, 4.69) is 4.98 Å². The normalized spacial score (nSPS) is 17.9. The number of para-hydroxylation sites is 1. The van der Waals surface area contributed by atoms with Crippen molar-refractivity contribution >= 4 is 22.4 Å². The lowest BCUT2D eigenvalue weighted by molar-refractivity contribution is -0.175. The van der Waals surface area contributed by atoms with Gasteiger partial charge in [-0.2, -0.15) is 13.2 Å². The molecule has 144 valence electrons. The Labute approximate surface area is 156 Å². The van der Waals surface area contributed by atoms with E-state index in [1.165, 1.54) is 0 Å². The van der Waals surface area contributed by atoms with Crippen molar-refractivity contribution in [1.82, 2.24) is 9.88 Å². The van der Waals surface area contributed by atoms with Gasteiger partial charge in [0.2, 0.25) is 0 Å². The Kier molecular flexibility index (Phi) is 5.27. The van der Waals surface area contributed by atoms with Crippen molar-refractivity contribution in [3.05, 3.63) is 47.7 Å². The Morgan fingerprint density at radius 2 is 2.04 bits per heavy atom. The molecular formula is C21H23F3N2O. The van der Waals surface area contributed by atoms with Crippen molar-refractivity contribution in [2.45, 2.75) is 45.3 Å². The number of nitrogens with zero attached hydrogens (tertiary/aromatic N) is 2. The quantitative estimate of drug-likeness (QED) is 0.713. The molecule has 6 heteroatoms. The summed E-state index contributed by atoms with van der Waals surface area (Å²) in [5.74, 6) is -1.37. The third-order valence-corrected chi connectivity index (χ3v) is 5.27. The third kappa shape index (κ3) is 3.99. The minimum atomic E-state index is -4.14. The van der Waals surface area contributed by atoms with Crippen LogP contribution in [0.2, 0.25) is 0 Å². The van der Waals surface area contributed by atoms with Gasteiger partial charge in [-0.15, -0.1) is 0 Å². The molecular weight excluding hydrogens is 353 g/mol. The lowest BCUT2D eigenvalue weighted by atomic mass is 9.85. The molecule has 0 aliphatic heterocycles. The number of pyridine rings is 1. The van der Waals surface area contributed by atoms with Crippen LogP contribution in [0.15, 0.2) is 36.5 Å². The number of fused-ring (bicyclic) bond motifs is 1.